The normalized spacial score (nSPS) is 12.3. The van der Waals surface area contributed by atoms with Gasteiger partial charge in [-0.1, -0.05) is 66.7 Å². The second-order valence-corrected chi connectivity index (χ2v) is 8.94. The van der Waals surface area contributed by atoms with Crippen molar-refractivity contribution in [2.24, 2.45) is 0 Å². The van der Waals surface area contributed by atoms with Gasteiger partial charge in [-0.05, 0) is 48.6 Å². The van der Waals surface area contributed by atoms with Crippen LogP contribution in [0.1, 0.15) is 16.7 Å². The summed E-state index contributed by atoms with van der Waals surface area (Å²) in [5.74, 6) is -1.33. The highest BCUT2D eigenvalue weighted by Crippen LogP contribution is 2.15. The van der Waals surface area contributed by atoms with Gasteiger partial charge in [-0.2, -0.15) is 4.72 Å². The van der Waals surface area contributed by atoms with Crippen LogP contribution in [0.5, 0.6) is 0 Å². The second kappa shape index (κ2) is 10.3. The third-order valence-corrected chi connectivity index (χ3v) is 6.48. The summed E-state index contributed by atoms with van der Waals surface area (Å²) in [6.45, 7) is 2.36. The van der Waals surface area contributed by atoms with Crippen molar-refractivity contribution in [3.63, 3.8) is 0 Å². The molecule has 1 amide bonds. The van der Waals surface area contributed by atoms with E-state index in [0.29, 0.717) is 13.0 Å². The van der Waals surface area contributed by atoms with E-state index in [1.54, 1.807) is 0 Å². The first kappa shape index (κ1) is 22.7. The van der Waals surface area contributed by atoms with Gasteiger partial charge in [0.15, 0.2) is 0 Å². The van der Waals surface area contributed by atoms with Crippen molar-refractivity contribution >= 4 is 15.9 Å². The Morgan fingerprint density at radius 2 is 1.58 bits per heavy atom. The topological polar surface area (TPSA) is 75.3 Å². The predicted octanol–water partition coefficient (Wildman–Crippen LogP) is 3.38. The Labute approximate surface area is 182 Å². The highest BCUT2D eigenvalue weighted by Gasteiger charge is 2.27. The molecule has 0 fully saturated rings. The van der Waals surface area contributed by atoms with Crippen molar-refractivity contribution in [2.75, 3.05) is 6.54 Å². The number of nitrogens with one attached hydrogen (secondary N) is 2. The first-order chi connectivity index (χ1) is 14.9. The van der Waals surface area contributed by atoms with Crippen LogP contribution in [0.15, 0.2) is 83.8 Å². The molecule has 162 valence electrons. The first-order valence-corrected chi connectivity index (χ1v) is 11.5. The molecule has 7 heteroatoms. The molecule has 1 atom stereocenters. The Kier molecular flexibility index (Phi) is 7.55. The van der Waals surface area contributed by atoms with Crippen LogP contribution in [0.25, 0.3) is 0 Å². The van der Waals surface area contributed by atoms with E-state index in [4.69, 9.17) is 0 Å². The zero-order valence-corrected chi connectivity index (χ0v) is 18.0. The second-order valence-electron chi connectivity index (χ2n) is 7.26. The number of benzene rings is 3. The van der Waals surface area contributed by atoms with Crippen molar-refractivity contribution in [1.82, 2.24) is 10.0 Å². The summed E-state index contributed by atoms with van der Waals surface area (Å²) < 4.78 is 42.0. The molecule has 0 aromatic heterocycles. The molecule has 0 saturated heterocycles. The van der Waals surface area contributed by atoms with Gasteiger partial charge < -0.3 is 5.32 Å². The van der Waals surface area contributed by atoms with E-state index in [1.807, 2.05) is 61.5 Å². The van der Waals surface area contributed by atoms with Gasteiger partial charge in [-0.25, -0.2) is 12.8 Å². The van der Waals surface area contributed by atoms with Crippen LogP contribution < -0.4 is 10.0 Å². The molecule has 0 bridgehead atoms. The average molecular weight is 441 g/mol. The Morgan fingerprint density at radius 1 is 0.935 bits per heavy atom. The maximum absolute atomic E-state index is 14.1. The number of halogens is 1. The summed E-state index contributed by atoms with van der Waals surface area (Å²) in [6, 6.07) is 21.0. The number of sulfonamides is 1. The molecular weight excluding hydrogens is 415 g/mol. The Hall–Kier alpha value is -3.03. The first-order valence-electron chi connectivity index (χ1n) is 10.00. The van der Waals surface area contributed by atoms with Crippen molar-refractivity contribution in [2.45, 2.75) is 30.7 Å². The fraction of sp³-hybridized carbons (Fsp3) is 0.208. The van der Waals surface area contributed by atoms with Gasteiger partial charge in [0.25, 0.3) is 0 Å². The third kappa shape index (κ3) is 6.23. The smallest absolute Gasteiger partial charge is 0.244 e. The van der Waals surface area contributed by atoms with Crippen molar-refractivity contribution in [3.05, 3.63) is 101 Å². The molecule has 2 N–H and O–H groups in total. The van der Waals surface area contributed by atoms with Gasteiger partial charge in [0, 0.05) is 6.54 Å². The number of hydrogen-bond acceptors (Lipinski definition) is 3. The zero-order valence-electron chi connectivity index (χ0n) is 17.2. The molecule has 0 saturated carbocycles. The van der Waals surface area contributed by atoms with Gasteiger partial charge in [-0.3, -0.25) is 4.79 Å². The molecule has 3 aromatic carbocycles. The van der Waals surface area contributed by atoms with Crippen LogP contribution >= 0.6 is 0 Å². The Bertz CT molecular complexity index is 1130. The van der Waals surface area contributed by atoms with Crippen LogP contribution in [0.3, 0.4) is 0 Å². The third-order valence-electron chi connectivity index (χ3n) is 4.98. The monoisotopic (exact) mass is 440 g/mol. The van der Waals surface area contributed by atoms with Gasteiger partial charge in [0.05, 0.1) is 0 Å². The summed E-state index contributed by atoms with van der Waals surface area (Å²) in [5.41, 5.74) is 3.02. The van der Waals surface area contributed by atoms with Crippen molar-refractivity contribution in [1.29, 1.82) is 0 Å². The summed E-state index contributed by atoms with van der Waals surface area (Å²) in [5, 5.41) is 2.81. The zero-order chi connectivity index (χ0) is 22.3. The largest absolute Gasteiger partial charge is 0.354 e. The standard InChI is InChI=1S/C24H25FN2O3S/c1-18-9-5-6-12-20(18)15-16-26-24(28)22(17-19-10-3-2-4-11-19)27-31(29,30)23-14-8-7-13-21(23)25/h2-14,22,27H,15-17H2,1H3,(H,26,28). The minimum absolute atomic E-state index is 0.144. The van der Waals surface area contributed by atoms with Crippen LogP contribution in [-0.4, -0.2) is 26.9 Å². The van der Waals surface area contributed by atoms with Gasteiger partial charge in [-0.15, -0.1) is 0 Å². The maximum atomic E-state index is 14.1. The lowest BCUT2D eigenvalue weighted by molar-refractivity contribution is -0.122. The molecule has 0 aliphatic rings. The summed E-state index contributed by atoms with van der Waals surface area (Å²) in [4.78, 5) is 12.4. The van der Waals surface area contributed by atoms with Crippen molar-refractivity contribution in [3.8, 4) is 0 Å². The number of carbonyl (C=O) groups excluding carboxylic acids is 1. The average Bonchev–Trinajstić information content (AvgIpc) is 2.75. The number of aryl methyl sites for hydroxylation is 1. The minimum atomic E-state index is -4.23. The van der Waals surface area contributed by atoms with E-state index >= 15 is 0 Å². The fourth-order valence-electron chi connectivity index (χ4n) is 3.29. The highest BCUT2D eigenvalue weighted by atomic mass is 32.2. The fourth-order valence-corrected chi connectivity index (χ4v) is 4.56. The number of amides is 1. The molecule has 31 heavy (non-hydrogen) atoms. The molecule has 1 unspecified atom stereocenters. The summed E-state index contributed by atoms with van der Waals surface area (Å²) in [6.07, 6.45) is 0.765. The molecule has 0 aliphatic carbocycles. The quantitative estimate of drug-likeness (QED) is 0.536. The van der Waals surface area contributed by atoms with Crippen LogP contribution in [0, 0.1) is 12.7 Å². The number of carbonyl (C=O) groups is 1. The van der Waals surface area contributed by atoms with Crippen LogP contribution in [-0.2, 0) is 27.7 Å². The maximum Gasteiger partial charge on any atom is 0.244 e. The van der Waals surface area contributed by atoms with E-state index < -0.39 is 32.7 Å². The highest BCUT2D eigenvalue weighted by molar-refractivity contribution is 7.89. The molecule has 0 radical (unpaired) electrons. The molecule has 5 nitrogen and oxygen atoms in total. The predicted molar refractivity (Wildman–Crippen MR) is 119 cm³/mol. The summed E-state index contributed by atoms with van der Waals surface area (Å²) in [7, 11) is -4.23. The van der Waals surface area contributed by atoms with Gasteiger partial charge >= 0.3 is 0 Å². The van der Waals surface area contributed by atoms with E-state index in [1.165, 1.54) is 18.2 Å². The lowest BCUT2D eigenvalue weighted by atomic mass is 10.0. The number of rotatable bonds is 9. The van der Waals surface area contributed by atoms with Gasteiger partial charge in [0.2, 0.25) is 15.9 Å². The Balaban J connectivity index is 1.75. The SMILES string of the molecule is Cc1ccccc1CCNC(=O)C(Cc1ccccc1)NS(=O)(=O)c1ccccc1F. The molecule has 3 aromatic rings. The van der Waals surface area contributed by atoms with E-state index in [-0.39, 0.29) is 6.42 Å². The number of hydrogen-bond donors (Lipinski definition) is 2. The lowest BCUT2D eigenvalue weighted by Crippen LogP contribution is -2.48. The molecule has 0 aliphatic heterocycles. The van der Waals surface area contributed by atoms with E-state index in [2.05, 4.69) is 10.0 Å². The lowest BCUT2D eigenvalue weighted by Gasteiger charge is -2.19. The molecule has 0 heterocycles. The van der Waals surface area contributed by atoms with E-state index in [9.17, 15) is 17.6 Å². The van der Waals surface area contributed by atoms with E-state index in [0.717, 1.165) is 22.8 Å². The Morgan fingerprint density at radius 3 is 2.29 bits per heavy atom. The molecule has 3 rings (SSSR count). The van der Waals surface area contributed by atoms with Gasteiger partial charge in [0.1, 0.15) is 16.8 Å². The molecular formula is C24H25FN2O3S. The van der Waals surface area contributed by atoms with Crippen molar-refractivity contribution < 1.29 is 17.6 Å². The minimum Gasteiger partial charge on any atom is -0.354 e. The summed E-state index contributed by atoms with van der Waals surface area (Å²) >= 11 is 0. The van der Waals surface area contributed by atoms with Crippen LogP contribution in [0.2, 0.25) is 0 Å². The molecule has 0 spiro atoms. The van der Waals surface area contributed by atoms with Crippen LogP contribution in [0.4, 0.5) is 4.39 Å².